The van der Waals surface area contributed by atoms with Gasteiger partial charge < -0.3 is 4.74 Å². The zero-order valence-corrected chi connectivity index (χ0v) is 20.4. The molecule has 2 aromatic carbocycles. The Morgan fingerprint density at radius 3 is 2.24 bits per heavy atom. The maximum Gasteiger partial charge on any atom is 0.340 e. The van der Waals surface area contributed by atoms with E-state index in [9.17, 15) is 14.4 Å². The third-order valence-electron chi connectivity index (χ3n) is 5.65. The lowest BCUT2D eigenvalue weighted by Gasteiger charge is -2.28. The molecule has 1 fully saturated rings. The summed E-state index contributed by atoms with van der Waals surface area (Å²) in [5, 5.41) is 9.31. The highest BCUT2D eigenvalue weighted by Gasteiger charge is 2.52. The van der Waals surface area contributed by atoms with Crippen LogP contribution in [0.1, 0.15) is 57.0 Å². The maximum absolute atomic E-state index is 13.3. The van der Waals surface area contributed by atoms with Crippen LogP contribution in [0.5, 0.6) is 0 Å². The second-order valence-corrected chi connectivity index (χ2v) is 9.57. The van der Waals surface area contributed by atoms with Crippen LogP contribution >= 0.6 is 23.2 Å². The van der Waals surface area contributed by atoms with E-state index in [-0.39, 0.29) is 26.9 Å². The van der Waals surface area contributed by atoms with Crippen LogP contribution in [0.25, 0.3) is 0 Å². The average molecular weight is 488 g/mol. The van der Waals surface area contributed by atoms with Crippen molar-refractivity contribution in [2.45, 2.75) is 52.2 Å². The first-order valence-corrected chi connectivity index (χ1v) is 11.0. The second-order valence-electron chi connectivity index (χ2n) is 8.76. The number of nitrogens with zero attached hydrogens (tertiary/aromatic N) is 3. The molecule has 0 spiro atoms. The molecule has 0 bridgehead atoms. The van der Waals surface area contributed by atoms with Crippen LogP contribution in [0.3, 0.4) is 0 Å². The van der Waals surface area contributed by atoms with E-state index >= 15 is 0 Å². The van der Waals surface area contributed by atoms with Gasteiger partial charge in [0.05, 0.1) is 26.9 Å². The highest BCUT2D eigenvalue weighted by Crippen LogP contribution is 2.38. The van der Waals surface area contributed by atoms with Crippen molar-refractivity contribution in [2.24, 2.45) is 0 Å². The Morgan fingerprint density at radius 2 is 1.70 bits per heavy atom. The molecule has 172 valence electrons. The molecule has 1 heterocycles. The summed E-state index contributed by atoms with van der Waals surface area (Å²) in [5.74, 6) is -1.05. The fraction of sp³-hybridized carbons (Fsp3) is 0.333. The monoisotopic (exact) mass is 487 g/mol. The number of halogens is 2. The highest BCUT2D eigenvalue weighted by molar-refractivity contribution is 6.35. The molecule has 0 radical (unpaired) electrons. The van der Waals surface area contributed by atoms with E-state index in [0.29, 0.717) is 12.1 Å². The summed E-state index contributed by atoms with van der Waals surface area (Å²) in [5.41, 5.74) is -0.909. The predicted molar refractivity (Wildman–Crippen MR) is 127 cm³/mol. The van der Waals surface area contributed by atoms with E-state index in [1.807, 2.05) is 13.0 Å². The van der Waals surface area contributed by atoms with Gasteiger partial charge >= 0.3 is 12.0 Å². The van der Waals surface area contributed by atoms with Crippen molar-refractivity contribution < 1.29 is 19.1 Å². The molecule has 0 N–H and O–H groups in total. The van der Waals surface area contributed by atoms with Gasteiger partial charge in [-0.1, -0.05) is 30.1 Å². The molecule has 2 aromatic rings. The lowest BCUT2D eigenvalue weighted by Crippen LogP contribution is -2.44. The number of carbonyl (C=O) groups is 3. The number of nitriles is 1. The number of carbonyl (C=O) groups excluding carboxylic acids is 3. The molecule has 1 saturated heterocycles. The summed E-state index contributed by atoms with van der Waals surface area (Å²) in [6.07, 6.45) is 0.627. The lowest BCUT2D eigenvalue weighted by atomic mass is 10.0. The number of hydrogen-bond donors (Lipinski definition) is 0. The van der Waals surface area contributed by atoms with Gasteiger partial charge in [-0.25, -0.2) is 14.5 Å². The number of hydrogen-bond acceptors (Lipinski definition) is 5. The Balaban J connectivity index is 1.98. The molecule has 0 atom stereocenters. The summed E-state index contributed by atoms with van der Waals surface area (Å²) in [7, 11) is 0. The van der Waals surface area contributed by atoms with E-state index in [0.717, 1.165) is 4.90 Å². The molecule has 1 aliphatic heterocycles. The van der Waals surface area contributed by atoms with Crippen LogP contribution in [-0.2, 0) is 9.53 Å². The van der Waals surface area contributed by atoms with Crippen molar-refractivity contribution in [1.82, 2.24) is 0 Å². The van der Waals surface area contributed by atoms with Gasteiger partial charge in [0.25, 0.3) is 5.91 Å². The fourth-order valence-electron chi connectivity index (χ4n) is 3.38. The highest BCUT2D eigenvalue weighted by atomic mass is 35.5. The van der Waals surface area contributed by atoms with Crippen LogP contribution in [0.15, 0.2) is 36.4 Å². The number of amides is 3. The molecule has 3 rings (SSSR count). The van der Waals surface area contributed by atoms with Gasteiger partial charge in [-0.2, -0.15) is 5.26 Å². The van der Waals surface area contributed by atoms with Crippen LogP contribution in [0, 0.1) is 11.3 Å². The van der Waals surface area contributed by atoms with Crippen molar-refractivity contribution in [3.63, 3.8) is 0 Å². The van der Waals surface area contributed by atoms with Crippen molar-refractivity contribution in [2.75, 3.05) is 9.80 Å². The minimum absolute atomic E-state index is 0.0975. The number of esters is 1. The topological polar surface area (TPSA) is 90.7 Å². The molecule has 0 aliphatic carbocycles. The predicted octanol–water partition coefficient (Wildman–Crippen LogP) is 5.96. The molecule has 0 unspecified atom stereocenters. The standard InChI is InChI=1S/C24H23Cl2N3O4/c1-6-23(2,3)33-20(30)17-10-9-16(12-19(17)26)29-22(32)28(21(31)24(29,4)5)15-8-7-14(13-27)18(25)11-15/h7-12H,6H2,1-5H3. The van der Waals surface area contributed by atoms with Gasteiger partial charge in [0, 0.05) is 5.69 Å². The lowest BCUT2D eigenvalue weighted by molar-refractivity contribution is -0.120. The number of ether oxygens (including phenoxy) is 1. The summed E-state index contributed by atoms with van der Waals surface area (Å²) < 4.78 is 5.50. The van der Waals surface area contributed by atoms with Crippen molar-refractivity contribution in [1.29, 1.82) is 5.26 Å². The van der Waals surface area contributed by atoms with Crippen LogP contribution in [0.4, 0.5) is 16.2 Å². The Kier molecular flexibility index (Phi) is 6.47. The van der Waals surface area contributed by atoms with Crippen LogP contribution < -0.4 is 9.80 Å². The number of urea groups is 1. The molecule has 9 heteroatoms. The van der Waals surface area contributed by atoms with Gasteiger partial charge in [0.15, 0.2) is 0 Å². The first-order valence-electron chi connectivity index (χ1n) is 10.3. The van der Waals surface area contributed by atoms with E-state index in [1.54, 1.807) is 33.8 Å². The smallest absolute Gasteiger partial charge is 0.340 e. The van der Waals surface area contributed by atoms with Crippen LogP contribution in [-0.4, -0.2) is 29.0 Å². The van der Waals surface area contributed by atoms with Gasteiger partial charge in [-0.05, 0) is 70.5 Å². The first kappa shape index (κ1) is 24.6. The zero-order valence-electron chi connectivity index (χ0n) is 18.9. The fourth-order valence-corrected chi connectivity index (χ4v) is 3.85. The third kappa shape index (κ3) is 4.41. The van der Waals surface area contributed by atoms with Crippen LogP contribution in [0.2, 0.25) is 10.0 Å². The number of rotatable bonds is 5. The number of anilines is 2. The largest absolute Gasteiger partial charge is 0.456 e. The number of benzene rings is 2. The first-order chi connectivity index (χ1) is 15.3. The van der Waals surface area contributed by atoms with E-state index < -0.39 is 29.0 Å². The quantitative estimate of drug-likeness (QED) is 0.383. The average Bonchev–Trinajstić information content (AvgIpc) is 2.91. The summed E-state index contributed by atoms with van der Waals surface area (Å²) >= 11 is 12.5. The normalized spacial score (nSPS) is 15.6. The Hall–Kier alpha value is -3.08. The summed E-state index contributed by atoms with van der Waals surface area (Å²) in [6, 6.07) is 10.1. The number of imide groups is 1. The molecule has 7 nitrogen and oxygen atoms in total. The molecule has 33 heavy (non-hydrogen) atoms. The van der Waals surface area contributed by atoms with Crippen molar-refractivity contribution >= 4 is 52.5 Å². The van der Waals surface area contributed by atoms with Crippen molar-refractivity contribution in [3.05, 3.63) is 57.6 Å². The Bertz CT molecular complexity index is 1200. The molecular formula is C24H23Cl2N3O4. The van der Waals surface area contributed by atoms with Crippen molar-refractivity contribution in [3.8, 4) is 6.07 Å². The van der Waals surface area contributed by atoms with Gasteiger partial charge in [-0.15, -0.1) is 0 Å². The zero-order chi connectivity index (χ0) is 24.7. The third-order valence-corrected chi connectivity index (χ3v) is 6.28. The molecule has 1 aliphatic rings. The summed E-state index contributed by atoms with van der Waals surface area (Å²) in [6.45, 7) is 8.72. The minimum atomic E-state index is -1.24. The van der Waals surface area contributed by atoms with E-state index in [4.69, 9.17) is 33.2 Å². The SMILES string of the molecule is CCC(C)(C)OC(=O)c1ccc(N2C(=O)N(c3ccc(C#N)c(Cl)c3)C(=O)C2(C)C)cc1Cl. The maximum atomic E-state index is 13.3. The van der Waals surface area contributed by atoms with E-state index in [1.165, 1.54) is 35.2 Å². The summed E-state index contributed by atoms with van der Waals surface area (Å²) in [4.78, 5) is 41.4. The van der Waals surface area contributed by atoms with Gasteiger partial charge in [0.1, 0.15) is 17.2 Å². The molecule has 0 saturated carbocycles. The Morgan fingerprint density at radius 1 is 1.09 bits per heavy atom. The molecular weight excluding hydrogens is 465 g/mol. The molecule has 3 amide bonds. The second kappa shape index (κ2) is 8.69. The van der Waals surface area contributed by atoms with Gasteiger partial charge in [-0.3, -0.25) is 9.69 Å². The van der Waals surface area contributed by atoms with E-state index in [2.05, 4.69) is 0 Å². The van der Waals surface area contributed by atoms with Gasteiger partial charge in [0.2, 0.25) is 0 Å². The Labute approximate surface area is 202 Å². The molecule has 0 aromatic heterocycles. The minimum Gasteiger partial charge on any atom is -0.456 e.